The van der Waals surface area contributed by atoms with Crippen LogP contribution >= 0.6 is 11.8 Å². The molecule has 1 unspecified atom stereocenters. The Balaban J connectivity index is 1.87. The smallest absolute Gasteiger partial charge is 0.113 e. The molecule has 0 saturated heterocycles. The van der Waals surface area contributed by atoms with E-state index in [0.29, 0.717) is 6.04 Å². The van der Waals surface area contributed by atoms with E-state index in [1.165, 1.54) is 5.56 Å². The van der Waals surface area contributed by atoms with Crippen LogP contribution in [0.1, 0.15) is 24.3 Å². The van der Waals surface area contributed by atoms with Crippen LogP contribution in [0.25, 0.3) is 0 Å². The van der Waals surface area contributed by atoms with Crippen molar-refractivity contribution in [1.82, 2.24) is 5.32 Å². The highest BCUT2D eigenvalue weighted by molar-refractivity contribution is 7.98. The Hall–Kier alpha value is -1.19. The first-order chi connectivity index (χ1) is 8.90. The Morgan fingerprint density at radius 2 is 2.00 bits per heavy atom. The second-order valence-electron chi connectivity index (χ2n) is 4.12. The molecule has 0 aliphatic rings. The molecule has 0 aliphatic carbocycles. The molecular formula is C15H19NOS. The summed E-state index contributed by atoms with van der Waals surface area (Å²) in [5.74, 6) is 3.03. The summed E-state index contributed by atoms with van der Waals surface area (Å²) in [6, 6.07) is 15.0. The van der Waals surface area contributed by atoms with Gasteiger partial charge in [0.1, 0.15) is 5.76 Å². The van der Waals surface area contributed by atoms with Gasteiger partial charge in [-0.15, -0.1) is 0 Å². The second kappa shape index (κ2) is 7.29. The van der Waals surface area contributed by atoms with Crippen LogP contribution in [0, 0.1) is 0 Å². The van der Waals surface area contributed by atoms with Gasteiger partial charge >= 0.3 is 0 Å². The van der Waals surface area contributed by atoms with Crippen molar-refractivity contribution in [3.63, 3.8) is 0 Å². The third kappa shape index (κ3) is 3.93. The highest BCUT2D eigenvalue weighted by Gasteiger charge is 2.09. The van der Waals surface area contributed by atoms with E-state index in [4.69, 9.17) is 4.42 Å². The fraction of sp³-hybridized carbons (Fsp3) is 0.333. The zero-order valence-corrected chi connectivity index (χ0v) is 11.5. The highest BCUT2D eigenvalue weighted by atomic mass is 32.2. The van der Waals surface area contributed by atoms with Crippen molar-refractivity contribution in [3.05, 3.63) is 60.1 Å². The van der Waals surface area contributed by atoms with Crippen molar-refractivity contribution >= 4 is 11.8 Å². The summed E-state index contributed by atoms with van der Waals surface area (Å²) in [7, 11) is 0. The molecule has 1 atom stereocenters. The SMILES string of the molecule is CCNC(CSCc1ccco1)c1ccccc1. The molecule has 0 amide bonds. The van der Waals surface area contributed by atoms with Gasteiger partial charge in [-0.2, -0.15) is 11.8 Å². The van der Waals surface area contributed by atoms with E-state index in [1.807, 2.05) is 23.9 Å². The molecule has 96 valence electrons. The van der Waals surface area contributed by atoms with Crippen LogP contribution in [0.2, 0.25) is 0 Å². The molecule has 2 nitrogen and oxygen atoms in total. The molecule has 0 aliphatic heterocycles. The van der Waals surface area contributed by atoms with Gasteiger partial charge in [0.05, 0.1) is 12.0 Å². The maximum absolute atomic E-state index is 5.34. The summed E-state index contributed by atoms with van der Waals surface area (Å²) in [6.45, 7) is 3.13. The monoisotopic (exact) mass is 261 g/mol. The second-order valence-corrected chi connectivity index (χ2v) is 5.15. The average Bonchev–Trinajstić information content (AvgIpc) is 2.92. The summed E-state index contributed by atoms with van der Waals surface area (Å²) in [4.78, 5) is 0. The molecule has 3 heteroatoms. The van der Waals surface area contributed by atoms with Gasteiger partial charge in [-0.25, -0.2) is 0 Å². The summed E-state index contributed by atoms with van der Waals surface area (Å²) in [5.41, 5.74) is 1.35. The number of thioether (sulfide) groups is 1. The van der Waals surface area contributed by atoms with E-state index in [2.05, 4.69) is 42.6 Å². The number of hydrogen-bond acceptors (Lipinski definition) is 3. The van der Waals surface area contributed by atoms with Crippen molar-refractivity contribution in [2.24, 2.45) is 0 Å². The maximum atomic E-state index is 5.34. The van der Waals surface area contributed by atoms with E-state index in [1.54, 1.807) is 6.26 Å². The number of hydrogen-bond donors (Lipinski definition) is 1. The Morgan fingerprint density at radius 3 is 2.67 bits per heavy atom. The summed E-state index contributed by atoms with van der Waals surface area (Å²) < 4.78 is 5.34. The fourth-order valence-electron chi connectivity index (χ4n) is 1.88. The largest absolute Gasteiger partial charge is 0.468 e. The summed E-state index contributed by atoms with van der Waals surface area (Å²) in [6.07, 6.45) is 1.73. The van der Waals surface area contributed by atoms with Gasteiger partial charge < -0.3 is 9.73 Å². The van der Waals surface area contributed by atoms with E-state index in [9.17, 15) is 0 Å². The molecular weight excluding hydrogens is 242 g/mol. The zero-order valence-electron chi connectivity index (χ0n) is 10.6. The van der Waals surface area contributed by atoms with Crippen LogP contribution in [-0.4, -0.2) is 12.3 Å². The quantitative estimate of drug-likeness (QED) is 0.819. The normalized spacial score (nSPS) is 12.5. The number of benzene rings is 1. The van der Waals surface area contributed by atoms with Crippen molar-refractivity contribution in [2.75, 3.05) is 12.3 Å². The molecule has 0 spiro atoms. The van der Waals surface area contributed by atoms with Crippen LogP contribution in [-0.2, 0) is 5.75 Å². The molecule has 0 fully saturated rings. The topological polar surface area (TPSA) is 25.2 Å². The summed E-state index contributed by atoms with van der Waals surface area (Å²) >= 11 is 1.90. The van der Waals surface area contributed by atoms with Gasteiger partial charge in [-0.05, 0) is 24.2 Å². The van der Waals surface area contributed by atoms with Crippen LogP contribution in [0.3, 0.4) is 0 Å². The van der Waals surface area contributed by atoms with E-state index in [0.717, 1.165) is 23.8 Å². The molecule has 2 aromatic rings. The molecule has 18 heavy (non-hydrogen) atoms. The molecule has 0 saturated carbocycles. The Morgan fingerprint density at radius 1 is 1.17 bits per heavy atom. The first-order valence-corrected chi connectivity index (χ1v) is 7.44. The third-order valence-electron chi connectivity index (χ3n) is 2.76. The van der Waals surface area contributed by atoms with Crippen molar-refractivity contribution in [3.8, 4) is 0 Å². The van der Waals surface area contributed by atoms with Crippen molar-refractivity contribution < 1.29 is 4.42 Å². The van der Waals surface area contributed by atoms with E-state index < -0.39 is 0 Å². The van der Waals surface area contributed by atoms with Gasteiger partial charge in [-0.3, -0.25) is 0 Å². The maximum Gasteiger partial charge on any atom is 0.113 e. The summed E-state index contributed by atoms with van der Waals surface area (Å²) in [5, 5.41) is 3.53. The van der Waals surface area contributed by atoms with Crippen molar-refractivity contribution in [1.29, 1.82) is 0 Å². The Labute approximate surface area is 113 Å². The minimum atomic E-state index is 0.413. The average molecular weight is 261 g/mol. The van der Waals surface area contributed by atoms with E-state index >= 15 is 0 Å². The van der Waals surface area contributed by atoms with Crippen molar-refractivity contribution in [2.45, 2.75) is 18.7 Å². The first-order valence-electron chi connectivity index (χ1n) is 6.28. The molecule has 2 rings (SSSR count). The minimum absolute atomic E-state index is 0.413. The lowest BCUT2D eigenvalue weighted by Gasteiger charge is -2.17. The van der Waals surface area contributed by atoms with E-state index in [-0.39, 0.29) is 0 Å². The highest BCUT2D eigenvalue weighted by Crippen LogP contribution is 2.21. The minimum Gasteiger partial charge on any atom is -0.468 e. The molecule has 0 radical (unpaired) electrons. The molecule has 1 N–H and O–H groups in total. The number of furan rings is 1. The molecule has 1 aromatic carbocycles. The van der Waals surface area contributed by atoms with Gasteiger partial charge in [0, 0.05) is 11.8 Å². The van der Waals surface area contributed by atoms with Crippen LogP contribution < -0.4 is 5.32 Å². The van der Waals surface area contributed by atoms with Gasteiger partial charge in [-0.1, -0.05) is 37.3 Å². The zero-order chi connectivity index (χ0) is 12.6. The number of nitrogens with one attached hydrogen (secondary N) is 1. The molecule has 1 aromatic heterocycles. The van der Waals surface area contributed by atoms with Crippen LogP contribution in [0.5, 0.6) is 0 Å². The fourth-order valence-corrected chi connectivity index (χ4v) is 2.91. The standard InChI is InChI=1S/C15H19NOS/c1-2-16-15(13-7-4-3-5-8-13)12-18-11-14-9-6-10-17-14/h3-10,15-16H,2,11-12H2,1H3. The van der Waals surface area contributed by atoms with Gasteiger partial charge in [0.25, 0.3) is 0 Å². The Kier molecular flexibility index (Phi) is 5.36. The predicted molar refractivity (Wildman–Crippen MR) is 77.7 cm³/mol. The number of rotatable bonds is 7. The van der Waals surface area contributed by atoms with Crippen LogP contribution in [0.15, 0.2) is 53.1 Å². The molecule has 0 bridgehead atoms. The van der Waals surface area contributed by atoms with Crippen LogP contribution in [0.4, 0.5) is 0 Å². The van der Waals surface area contributed by atoms with Gasteiger partial charge in [0.15, 0.2) is 0 Å². The third-order valence-corrected chi connectivity index (χ3v) is 3.82. The lowest BCUT2D eigenvalue weighted by Crippen LogP contribution is -2.22. The predicted octanol–water partition coefficient (Wildman–Crippen LogP) is 3.86. The molecule has 1 heterocycles. The lowest BCUT2D eigenvalue weighted by molar-refractivity contribution is 0.530. The Bertz CT molecular complexity index is 427. The lowest BCUT2D eigenvalue weighted by atomic mass is 10.1. The van der Waals surface area contributed by atoms with Gasteiger partial charge in [0.2, 0.25) is 0 Å². The first kappa shape index (κ1) is 13.2.